The maximum Gasteiger partial charge on any atom is 0.161 e. The SMILES string of the molecule is COc1ccc(CNN(C)c2ccccc2)cc1OC. The minimum atomic E-state index is 0.714. The van der Waals surface area contributed by atoms with Crippen LogP contribution < -0.4 is 19.9 Å². The number of hydrogen-bond acceptors (Lipinski definition) is 4. The Balaban J connectivity index is 2.00. The Hall–Kier alpha value is -2.20. The Morgan fingerprint density at radius 2 is 1.65 bits per heavy atom. The second-order valence-corrected chi connectivity index (χ2v) is 4.42. The lowest BCUT2D eigenvalue weighted by Crippen LogP contribution is -2.33. The van der Waals surface area contributed by atoms with E-state index in [2.05, 4.69) is 17.6 Å². The summed E-state index contributed by atoms with van der Waals surface area (Å²) in [6, 6.07) is 16.1. The zero-order valence-corrected chi connectivity index (χ0v) is 12.1. The molecule has 0 saturated carbocycles. The van der Waals surface area contributed by atoms with E-state index in [9.17, 15) is 0 Å². The van der Waals surface area contributed by atoms with Gasteiger partial charge in [-0.2, -0.15) is 0 Å². The van der Waals surface area contributed by atoms with E-state index < -0.39 is 0 Å². The molecule has 1 N–H and O–H groups in total. The molecule has 0 unspecified atom stereocenters. The summed E-state index contributed by atoms with van der Waals surface area (Å²) in [6.45, 7) is 0.714. The van der Waals surface area contributed by atoms with E-state index in [4.69, 9.17) is 9.47 Å². The van der Waals surface area contributed by atoms with Crippen molar-refractivity contribution in [2.24, 2.45) is 0 Å². The van der Waals surface area contributed by atoms with Crippen molar-refractivity contribution in [3.05, 3.63) is 54.1 Å². The zero-order chi connectivity index (χ0) is 14.4. The molecule has 0 aliphatic rings. The highest BCUT2D eigenvalue weighted by atomic mass is 16.5. The van der Waals surface area contributed by atoms with E-state index in [1.165, 1.54) is 0 Å². The fraction of sp³-hybridized carbons (Fsp3) is 0.250. The van der Waals surface area contributed by atoms with Crippen LogP contribution in [0.25, 0.3) is 0 Å². The van der Waals surface area contributed by atoms with Gasteiger partial charge in [0, 0.05) is 13.6 Å². The molecule has 0 fully saturated rings. The van der Waals surface area contributed by atoms with Gasteiger partial charge >= 0.3 is 0 Å². The van der Waals surface area contributed by atoms with E-state index in [0.717, 1.165) is 22.7 Å². The van der Waals surface area contributed by atoms with Crippen LogP contribution in [-0.4, -0.2) is 21.3 Å². The summed E-state index contributed by atoms with van der Waals surface area (Å²) < 4.78 is 10.5. The summed E-state index contributed by atoms with van der Waals surface area (Å²) in [5, 5.41) is 2.00. The van der Waals surface area contributed by atoms with Crippen LogP contribution in [0.15, 0.2) is 48.5 Å². The van der Waals surface area contributed by atoms with Gasteiger partial charge in [0.05, 0.1) is 19.9 Å². The Morgan fingerprint density at radius 3 is 2.30 bits per heavy atom. The zero-order valence-electron chi connectivity index (χ0n) is 12.1. The van der Waals surface area contributed by atoms with E-state index in [-0.39, 0.29) is 0 Å². The molecule has 0 amide bonds. The number of hydrogen-bond donors (Lipinski definition) is 1. The van der Waals surface area contributed by atoms with Gasteiger partial charge in [0.2, 0.25) is 0 Å². The molecular weight excluding hydrogens is 252 g/mol. The highest BCUT2D eigenvalue weighted by molar-refractivity contribution is 5.45. The topological polar surface area (TPSA) is 33.7 Å². The standard InChI is InChI=1S/C16H20N2O2/c1-18(14-7-5-4-6-8-14)17-12-13-9-10-15(19-2)16(11-13)20-3/h4-11,17H,12H2,1-3H3. The highest BCUT2D eigenvalue weighted by Gasteiger charge is 2.05. The van der Waals surface area contributed by atoms with E-state index in [1.54, 1.807) is 14.2 Å². The van der Waals surface area contributed by atoms with Crippen LogP contribution in [0.1, 0.15) is 5.56 Å². The number of benzene rings is 2. The lowest BCUT2D eigenvalue weighted by atomic mass is 10.2. The van der Waals surface area contributed by atoms with Crippen molar-refractivity contribution < 1.29 is 9.47 Å². The number of anilines is 1. The largest absolute Gasteiger partial charge is 0.493 e. The molecule has 2 rings (SSSR count). The maximum absolute atomic E-state index is 5.30. The molecule has 0 radical (unpaired) electrons. The van der Waals surface area contributed by atoms with Crippen molar-refractivity contribution in [1.82, 2.24) is 5.43 Å². The maximum atomic E-state index is 5.30. The molecule has 0 aliphatic heterocycles. The Kier molecular flexibility index (Phi) is 4.85. The van der Waals surface area contributed by atoms with Gasteiger partial charge in [0.1, 0.15) is 0 Å². The summed E-state index contributed by atoms with van der Waals surface area (Å²) >= 11 is 0. The quantitative estimate of drug-likeness (QED) is 0.820. The predicted octanol–water partition coefficient (Wildman–Crippen LogP) is 2.84. The molecule has 0 saturated heterocycles. The molecule has 0 aromatic heterocycles. The Bertz CT molecular complexity index is 543. The second kappa shape index (κ2) is 6.82. The average Bonchev–Trinajstić information content (AvgIpc) is 2.53. The van der Waals surface area contributed by atoms with Crippen molar-refractivity contribution >= 4 is 5.69 Å². The summed E-state index contributed by atoms with van der Waals surface area (Å²) in [7, 11) is 5.28. The van der Waals surface area contributed by atoms with Crippen molar-refractivity contribution in [2.45, 2.75) is 6.54 Å². The Morgan fingerprint density at radius 1 is 0.950 bits per heavy atom. The normalized spacial score (nSPS) is 10.2. The van der Waals surface area contributed by atoms with Crippen LogP contribution >= 0.6 is 0 Å². The monoisotopic (exact) mass is 272 g/mol. The van der Waals surface area contributed by atoms with Crippen molar-refractivity contribution in [3.8, 4) is 11.5 Å². The van der Waals surface area contributed by atoms with E-state index >= 15 is 0 Å². The molecule has 0 bridgehead atoms. The molecule has 0 heterocycles. The smallest absolute Gasteiger partial charge is 0.161 e. The van der Waals surface area contributed by atoms with Gasteiger partial charge in [0.15, 0.2) is 11.5 Å². The number of ether oxygens (including phenoxy) is 2. The second-order valence-electron chi connectivity index (χ2n) is 4.42. The molecule has 106 valence electrons. The first kappa shape index (κ1) is 14.2. The van der Waals surface area contributed by atoms with Crippen LogP contribution in [0, 0.1) is 0 Å². The third kappa shape index (κ3) is 3.42. The molecule has 4 nitrogen and oxygen atoms in total. The van der Waals surface area contributed by atoms with Crippen LogP contribution in [0.4, 0.5) is 5.69 Å². The van der Waals surface area contributed by atoms with Crippen LogP contribution in [0.3, 0.4) is 0 Å². The molecule has 0 aliphatic carbocycles. The van der Waals surface area contributed by atoms with Gasteiger partial charge in [-0.3, -0.25) is 0 Å². The molecule has 0 spiro atoms. The van der Waals surface area contributed by atoms with Crippen molar-refractivity contribution in [1.29, 1.82) is 0 Å². The van der Waals surface area contributed by atoms with Gasteiger partial charge in [-0.15, -0.1) is 0 Å². The van der Waals surface area contributed by atoms with Gasteiger partial charge < -0.3 is 14.5 Å². The number of methoxy groups -OCH3 is 2. The summed E-state index contributed by atoms with van der Waals surface area (Å²) in [6.07, 6.45) is 0. The molecule has 2 aromatic rings. The minimum absolute atomic E-state index is 0.714. The Labute approximate surface area is 119 Å². The lowest BCUT2D eigenvalue weighted by Gasteiger charge is -2.20. The van der Waals surface area contributed by atoms with E-state index in [1.807, 2.05) is 48.5 Å². The number of para-hydroxylation sites is 1. The first-order valence-electron chi connectivity index (χ1n) is 6.47. The molecular formula is C16H20N2O2. The fourth-order valence-electron chi connectivity index (χ4n) is 1.94. The van der Waals surface area contributed by atoms with Gasteiger partial charge in [-0.1, -0.05) is 24.3 Å². The molecule has 20 heavy (non-hydrogen) atoms. The van der Waals surface area contributed by atoms with Crippen molar-refractivity contribution in [2.75, 3.05) is 26.3 Å². The predicted molar refractivity (Wildman–Crippen MR) is 81.2 cm³/mol. The fourth-order valence-corrected chi connectivity index (χ4v) is 1.94. The first-order chi connectivity index (χ1) is 9.74. The summed E-state index contributed by atoms with van der Waals surface area (Å²) in [5.41, 5.74) is 5.59. The molecule has 4 heteroatoms. The van der Waals surface area contributed by atoms with Crippen LogP contribution in [0.2, 0.25) is 0 Å². The third-order valence-corrected chi connectivity index (χ3v) is 3.11. The van der Waals surface area contributed by atoms with Gasteiger partial charge in [0.25, 0.3) is 0 Å². The third-order valence-electron chi connectivity index (χ3n) is 3.11. The molecule has 0 atom stereocenters. The van der Waals surface area contributed by atoms with Crippen LogP contribution in [0.5, 0.6) is 11.5 Å². The highest BCUT2D eigenvalue weighted by Crippen LogP contribution is 2.27. The first-order valence-corrected chi connectivity index (χ1v) is 6.47. The number of nitrogens with one attached hydrogen (secondary N) is 1. The van der Waals surface area contributed by atoms with E-state index in [0.29, 0.717) is 6.54 Å². The summed E-state index contributed by atoms with van der Waals surface area (Å²) in [5.74, 6) is 1.49. The lowest BCUT2D eigenvalue weighted by molar-refractivity contribution is 0.354. The van der Waals surface area contributed by atoms with Crippen molar-refractivity contribution in [3.63, 3.8) is 0 Å². The van der Waals surface area contributed by atoms with Crippen LogP contribution in [-0.2, 0) is 6.54 Å². The number of rotatable bonds is 6. The summed E-state index contributed by atoms with van der Waals surface area (Å²) in [4.78, 5) is 0. The number of nitrogens with zero attached hydrogens (tertiary/aromatic N) is 1. The van der Waals surface area contributed by atoms with Gasteiger partial charge in [-0.25, -0.2) is 5.43 Å². The number of hydrazine groups is 1. The van der Waals surface area contributed by atoms with Gasteiger partial charge in [-0.05, 0) is 29.8 Å². The molecule has 2 aromatic carbocycles. The minimum Gasteiger partial charge on any atom is -0.493 e. The average molecular weight is 272 g/mol.